The van der Waals surface area contributed by atoms with Gasteiger partial charge < -0.3 is 10.6 Å². The van der Waals surface area contributed by atoms with Crippen LogP contribution < -0.4 is 10.6 Å². The smallest absolute Gasteiger partial charge is 0.325 e. The molecule has 2 N–H and O–H groups in total. The minimum absolute atomic E-state index is 0.447. The van der Waals surface area contributed by atoms with E-state index >= 15 is 0 Å². The quantitative estimate of drug-likeness (QED) is 0.845. The van der Waals surface area contributed by atoms with Crippen molar-refractivity contribution in [3.8, 4) is 0 Å². The molecule has 0 aromatic heterocycles. The number of hydrogen-bond donors (Lipinski definition) is 2. The normalized spacial score (nSPS) is 13.8. The Hall–Kier alpha value is -1.72. The summed E-state index contributed by atoms with van der Waals surface area (Å²) in [7, 11) is 0. The van der Waals surface area contributed by atoms with Gasteiger partial charge in [0, 0.05) is 5.69 Å². The Balaban J connectivity index is 2.75. The van der Waals surface area contributed by atoms with E-state index in [1.165, 1.54) is 20.8 Å². The van der Waals surface area contributed by atoms with Crippen molar-refractivity contribution in [2.75, 3.05) is 5.32 Å². The number of carbonyl (C=O) groups excluding carboxylic acids is 1. The molecule has 1 rings (SSSR count). The minimum atomic E-state index is -4.50. The number of benzene rings is 1. The van der Waals surface area contributed by atoms with Crippen LogP contribution in [0.1, 0.15) is 26.3 Å². The summed E-state index contributed by atoms with van der Waals surface area (Å²) >= 11 is 0. The van der Waals surface area contributed by atoms with Gasteiger partial charge in [-0.05, 0) is 24.5 Å². The van der Waals surface area contributed by atoms with Gasteiger partial charge in [-0.3, -0.25) is 0 Å². The molecule has 1 aromatic carbocycles. The van der Waals surface area contributed by atoms with Gasteiger partial charge in [0.1, 0.15) is 6.04 Å². The van der Waals surface area contributed by atoms with Gasteiger partial charge in [0.25, 0.3) is 0 Å². The predicted octanol–water partition coefficient (Wildman–Crippen LogP) is 4.09. The van der Waals surface area contributed by atoms with Crippen LogP contribution in [0.5, 0.6) is 0 Å². The average molecular weight is 288 g/mol. The molecule has 0 spiro atoms. The standard InChI is InChI=1S/C14H19F3N2O/c1-9-5-7-10(8-6-9)18-12(20)19-11(13(2,3)4)14(15,16)17/h5-8,11H,1-4H3,(H2,18,19,20)/t11-/m0/s1. The number of carbonyl (C=O) groups is 1. The third-order valence-corrected chi connectivity index (χ3v) is 2.78. The molecule has 0 saturated carbocycles. The number of halogens is 3. The lowest BCUT2D eigenvalue weighted by atomic mass is 9.86. The highest BCUT2D eigenvalue weighted by Gasteiger charge is 2.47. The summed E-state index contributed by atoms with van der Waals surface area (Å²) in [6, 6.07) is 4.01. The largest absolute Gasteiger partial charge is 0.409 e. The van der Waals surface area contributed by atoms with E-state index in [2.05, 4.69) is 5.32 Å². The number of rotatable bonds is 2. The topological polar surface area (TPSA) is 41.1 Å². The van der Waals surface area contributed by atoms with Gasteiger partial charge in [-0.25, -0.2) is 4.79 Å². The van der Waals surface area contributed by atoms with Crippen LogP contribution in [0.2, 0.25) is 0 Å². The molecular formula is C14H19F3N2O. The Bertz CT molecular complexity index is 447. The Kier molecular flexibility index (Phi) is 4.68. The zero-order chi connectivity index (χ0) is 15.6. The molecule has 0 fully saturated rings. The Labute approximate surface area is 116 Å². The Morgan fingerprint density at radius 3 is 2.00 bits per heavy atom. The molecule has 6 heteroatoms. The zero-order valence-electron chi connectivity index (χ0n) is 11.9. The van der Waals surface area contributed by atoms with Gasteiger partial charge in [0.2, 0.25) is 0 Å². The first-order chi connectivity index (χ1) is 9.00. The molecule has 0 radical (unpaired) electrons. The Morgan fingerprint density at radius 2 is 1.60 bits per heavy atom. The molecule has 0 unspecified atom stereocenters. The lowest BCUT2D eigenvalue weighted by Gasteiger charge is -2.32. The van der Waals surface area contributed by atoms with Gasteiger partial charge in [0.05, 0.1) is 0 Å². The highest BCUT2D eigenvalue weighted by Crippen LogP contribution is 2.33. The highest BCUT2D eigenvalue weighted by molar-refractivity contribution is 5.89. The molecule has 20 heavy (non-hydrogen) atoms. The second-order valence-corrected chi connectivity index (χ2v) is 5.81. The van der Waals surface area contributed by atoms with Gasteiger partial charge in [-0.2, -0.15) is 13.2 Å². The number of aryl methyl sites for hydroxylation is 1. The van der Waals surface area contributed by atoms with Crippen molar-refractivity contribution < 1.29 is 18.0 Å². The molecule has 0 saturated heterocycles. The average Bonchev–Trinajstić information content (AvgIpc) is 2.26. The molecule has 0 heterocycles. The van der Waals surface area contributed by atoms with Crippen molar-refractivity contribution in [2.24, 2.45) is 5.41 Å². The Morgan fingerprint density at radius 1 is 1.10 bits per heavy atom. The van der Waals surface area contributed by atoms with Crippen LogP contribution in [-0.4, -0.2) is 18.2 Å². The van der Waals surface area contributed by atoms with Crippen LogP contribution in [0.3, 0.4) is 0 Å². The van der Waals surface area contributed by atoms with Crippen molar-refractivity contribution in [3.05, 3.63) is 29.8 Å². The van der Waals surface area contributed by atoms with E-state index < -0.39 is 23.7 Å². The van der Waals surface area contributed by atoms with E-state index in [4.69, 9.17) is 0 Å². The van der Waals surface area contributed by atoms with Crippen molar-refractivity contribution in [1.29, 1.82) is 0 Å². The van der Waals surface area contributed by atoms with Crippen LogP contribution in [0.15, 0.2) is 24.3 Å². The van der Waals surface area contributed by atoms with Gasteiger partial charge in [-0.1, -0.05) is 38.5 Å². The molecule has 1 aromatic rings. The van der Waals surface area contributed by atoms with E-state index in [0.29, 0.717) is 5.69 Å². The van der Waals surface area contributed by atoms with Crippen LogP contribution >= 0.6 is 0 Å². The minimum Gasteiger partial charge on any atom is -0.325 e. The fraction of sp³-hybridized carbons (Fsp3) is 0.500. The summed E-state index contributed by atoms with van der Waals surface area (Å²) in [6.07, 6.45) is -4.50. The second kappa shape index (κ2) is 5.73. The van der Waals surface area contributed by atoms with Crippen LogP contribution in [0.25, 0.3) is 0 Å². The number of alkyl halides is 3. The molecule has 0 aliphatic rings. The number of nitrogens with one attached hydrogen (secondary N) is 2. The fourth-order valence-corrected chi connectivity index (χ4v) is 1.72. The first-order valence-electron chi connectivity index (χ1n) is 6.21. The van der Waals surface area contributed by atoms with E-state index in [1.807, 2.05) is 12.2 Å². The predicted molar refractivity (Wildman–Crippen MR) is 72.6 cm³/mol. The maximum absolute atomic E-state index is 12.9. The summed E-state index contributed by atoms with van der Waals surface area (Å²) in [5.41, 5.74) is 0.324. The van der Waals surface area contributed by atoms with Crippen molar-refractivity contribution >= 4 is 11.7 Å². The van der Waals surface area contributed by atoms with Crippen molar-refractivity contribution in [1.82, 2.24) is 5.32 Å². The zero-order valence-corrected chi connectivity index (χ0v) is 11.9. The monoisotopic (exact) mass is 288 g/mol. The van der Waals surface area contributed by atoms with E-state index in [1.54, 1.807) is 24.3 Å². The van der Waals surface area contributed by atoms with E-state index in [-0.39, 0.29) is 0 Å². The highest BCUT2D eigenvalue weighted by atomic mass is 19.4. The molecular weight excluding hydrogens is 269 g/mol. The SMILES string of the molecule is Cc1ccc(NC(=O)N[C@@H](C(C)(C)C)C(F)(F)F)cc1. The van der Waals surface area contributed by atoms with E-state index in [0.717, 1.165) is 5.56 Å². The molecule has 0 bridgehead atoms. The van der Waals surface area contributed by atoms with Crippen LogP contribution in [-0.2, 0) is 0 Å². The van der Waals surface area contributed by atoms with Gasteiger partial charge in [0.15, 0.2) is 0 Å². The number of amides is 2. The molecule has 0 aliphatic carbocycles. The molecule has 112 valence electrons. The fourth-order valence-electron chi connectivity index (χ4n) is 1.72. The molecule has 3 nitrogen and oxygen atoms in total. The number of urea groups is 1. The lowest BCUT2D eigenvalue weighted by molar-refractivity contribution is -0.174. The first-order valence-corrected chi connectivity index (χ1v) is 6.21. The summed E-state index contributed by atoms with van der Waals surface area (Å²) in [6.45, 7) is 6.16. The van der Waals surface area contributed by atoms with Crippen molar-refractivity contribution in [2.45, 2.75) is 39.9 Å². The third kappa shape index (κ3) is 4.75. The summed E-state index contributed by atoms with van der Waals surface area (Å²) in [5.74, 6) is 0. The summed E-state index contributed by atoms with van der Waals surface area (Å²) in [4.78, 5) is 11.7. The number of hydrogen-bond acceptors (Lipinski definition) is 1. The molecule has 0 aliphatic heterocycles. The molecule has 2 amide bonds. The second-order valence-electron chi connectivity index (χ2n) is 5.81. The van der Waals surface area contributed by atoms with Crippen LogP contribution in [0, 0.1) is 12.3 Å². The summed E-state index contributed by atoms with van der Waals surface area (Å²) in [5, 5.41) is 4.38. The lowest BCUT2D eigenvalue weighted by Crippen LogP contribution is -2.54. The van der Waals surface area contributed by atoms with Crippen LogP contribution in [0.4, 0.5) is 23.7 Å². The third-order valence-electron chi connectivity index (χ3n) is 2.78. The molecule has 1 atom stereocenters. The first kappa shape index (κ1) is 16.3. The van der Waals surface area contributed by atoms with Gasteiger partial charge in [-0.15, -0.1) is 0 Å². The van der Waals surface area contributed by atoms with Gasteiger partial charge >= 0.3 is 12.2 Å². The maximum Gasteiger partial charge on any atom is 0.409 e. The van der Waals surface area contributed by atoms with Crippen molar-refractivity contribution in [3.63, 3.8) is 0 Å². The summed E-state index contributed by atoms with van der Waals surface area (Å²) < 4.78 is 38.8. The maximum atomic E-state index is 12.9. The van der Waals surface area contributed by atoms with E-state index in [9.17, 15) is 18.0 Å². The number of anilines is 1.